The second-order valence-electron chi connectivity index (χ2n) is 4.67. The number of aromatic nitrogens is 1. The third kappa shape index (κ3) is 3.60. The molecule has 0 atom stereocenters. The number of carbonyl (C=O) groups is 1. The molecule has 21 heavy (non-hydrogen) atoms. The molecule has 0 aliphatic heterocycles. The Balaban J connectivity index is 2.19. The summed E-state index contributed by atoms with van der Waals surface area (Å²) in [7, 11) is 1.38. The molecule has 0 saturated heterocycles. The maximum Gasteiger partial charge on any atom is 0.333 e. The molecule has 0 unspecified atom stereocenters. The highest BCUT2D eigenvalue weighted by Crippen LogP contribution is 2.24. The zero-order valence-electron chi connectivity index (χ0n) is 12.6. The molecule has 0 fully saturated rings. The summed E-state index contributed by atoms with van der Waals surface area (Å²) in [6.07, 6.45) is 2.36. The number of hydrogen-bond donors (Lipinski definition) is 0. The molecule has 0 N–H and O–H groups in total. The zero-order valence-corrected chi connectivity index (χ0v) is 12.6. The average molecular weight is 285 g/mol. The first-order chi connectivity index (χ1) is 10.2. The minimum atomic E-state index is -0.312. The quantitative estimate of drug-likeness (QED) is 0.624. The van der Waals surface area contributed by atoms with Crippen molar-refractivity contribution in [3.8, 4) is 5.75 Å². The molecule has 2 rings (SSSR count). The lowest BCUT2D eigenvalue weighted by Crippen LogP contribution is -2.06. The van der Waals surface area contributed by atoms with Crippen molar-refractivity contribution in [2.45, 2.75) is 20.3 Å². The molecule has 0 bridgehead atoms. The van der Waals surface area contributed by atoms with Gasteiger partial charge < -0.3 is 9.47 Å². The van der Waals surface area contributed by atoms with Gasteiger partial charge in [-0.1, -0.05) is 25.1 Å². The SMILES string of the molecule is CCC(=CCOc1cccc2ccc(C)nc12)C(=O)OC. The summed E-state index contributed by atoms with van der Waals surface area (Å²) >= 11 is 0. The van der Waals surface area contributed by atoms with Crippen LogP contribution in [0.5, 0.6) is 5.75 Å². The minimum Gasteiger partial charge on any atom is -0.487 e. The number of fused-ring (bicyclic) bond motifs is 1. The maximum atomic E-state index is 11.5. The van der Waals surface area contributed by atoms with Gasteiger partial charge in [0.05, 0.1) is 7.11 Å². The number of ether oxygens (including phenoxy) is 2. The third-order valence-electron chi connectivity index (χ3n) is 3.22. The summed E-state index contributed by atoms with van der Waals surface area (Å²) in [5.74, 6) is 0.403. The van der Waals surface area contributed by atoms with Crippen molar-refractivity contribution in [2.75, 3.05) is 13.7 Å². The van der Waals surface area contributed by atoms with Crippen LogP contribution in [-0.4, -0.2) is 24.7 Å². The van der Waals surface area contributed by atoms with Crippen LogP contribution >= 0.6 is 0 Å². The van der Waals surface area contributed by atoms with Crippen molar-refractivity contribution in [1.29, 1.82) is 0 Å². The van der Waals surface area contributed by atoms with E-state index in [2.05, 4.69) is 4.98 Å². The van der Waals surface area contributed by atoms with E-state index in [4.69, 9.17) is 9.47 Å². The van der Waals surface area contributed by atoms with Gasteiger partial charge in [0.15, 0.2) is 0 Å². The Morgan fingerprint density at radius 3 is 2.81 bits per heavy atom. The van der Waals surface area contributed by atoms with Crippen molar-refractivity contribution in [3.63, 3.8) is 0 Å². The lowest BCUT2D eigenvalue weighted by atomic mass is 10.2. The number of methoxy groups -OCH3 is 1. The molecular weight excluding hydrogens is 266 g/mol. The summed E-state index contributed by atoms with van der Waals surface area (Å²) in [4.78, 5) is 16.0. The van der Waals surface area contributed by atoms with E-state index in [0.29, 0.717) is 24.4 Å². The summed E-state index contributed by atoms with van der Waals surface area (Å²) in [6.45, 7) is 4.17. The van der Waals surface area contributed by atoms with Crippen molar-refractivity contribution >= 4 is 16.9 Å². The Kier molecular flexibility index (Phi) is 4.93. The van der Waals surface area contributed by atoms with E-state index in [-0.39, 0.29) is 5.97 Å². The van der Waals surface area contributed by atoms with Gasteiger partial charge in [0.1, 0.15) is 17.9 Å². The summed E-state index contributed by atoms with van der Waals surface area (Å²) in [6, 6.07) is 9.80. The molecule has 1 heterocycles. The minimum absolute atomic E-state index is 0.312. The van der Waals surface area contributed by atoms with Crippen molar-refractivity contribution in [3.05, 3.63) is 47.7 Å². The summed E-state index contributed by atoms with van der Waals surface area (Å²) in [5, 5.41) is 1.03. The highest BCUT2D eigenvalue weighted by Gasteiger charge is 2.07. The Labute approximate surface area is 124 Å². The predicted molar refractivity (Wildman–Crippen MR) is 82.4 cm³/mol. The normalized spacial score (nSPS) is 11.5. The first-order valence-corrected chi connectivity index (χ1v) is 6.92. The van der Waals surface area contributed by atoms with E-state index in [1.807, 2.05) is 44.2 Å². The number of hydrogen-bond acceptors (Lipinski definition) is 4. The second kappa shape index (κ2) is 6.88. The number of pyridine rings is 1. The van der Waals surface area contributed by atoms with E-state index in [1.54, 1.807) is 6.08 Å². The number of benzene rings is 1. The van der Waals surface area contributed by atoms with Crippen LogP contribution in [0, 0.1) is 6.92 Å². The molecule has 1 aromatic carbocycles. The number of nitrogens with zero attached hydrogens (tertiary/aromatic N) is 1. The van der Waals surface area contributed by atoms with Crippen LogP contribution in [0.3, 0.4) is 0 Å². The smallest absolute Gasteiger partial charge is 0.333 e. The number of esters is 1. The van der Waals surface area contributed by atoms with Gasteiger partial charge in [0.25, 0.3) is 0 Å². The van der Waals surface area contributed by atoms with E-state index >= 15 is 0 Å². The fraction of sp³-hybridized carbons (Fsp3) is 0.294. The first kappa shape index (κ1) is 15.0. The predicted octanol–water partition coefficient (Wildman–Crippen LogP) is 3.43. The van der Waals surface area contributed by atoms with Crippen LogP contribution in [0.1, 0.15) is 19.0 Å². The number of para-hydroxylation sites is 1. The van der Waals surface area contributed by atoms with Gasteiger partial charge in [-0.3, -0.25) is 0 Å². The molecule has 1 aromatic heterocycles. The monoisotopic (exact) mass is 285 g/mol. The molecule has 0 spiro atoms. The summed E-state index contributed by atoms with van der Waals surface area (Å²) < 4.78 is 10.5. The Morgan fingerprint density at radius 2 is 2.10 bits per heavy atom. The van der Waals surface area contributed by atoms with Crippen LogP contribution in [-0.2, 0) is 9.53 Å². The Morgan fingerprint density at radius 1 is 1.29 bits per heavy atom. The van der Waals surface area contributed by atoms with Gasteiger partial charge in [-0.15, -0.1) is 0 Å². The number of carbonyl (C=O) groups excluding carboxylic acids is 1. The Bertz CT molecular complexity index is 677. The molecule has 4 nitrogen and oxygen atoms in total. The lowest BCUT2D eigenvalue weighted by molar-refractivity contribution is -0.136. The van der Waals surface area contributed by atoms with Crippen molar-refractivity contribution in [1.82, 2.24) is 4.98 Å². The lowest BCUT2D eigenvalue weighted by Gasteiger charge is -2.08. The molecule has 0 aliphatic carbocycles. The van der Waals surface area contributed by atoms with E-state index in [0.717, 1.165) is 16.6 Å². The molecule has 0 amide bonds. The van der Waals surface area contributed by atoms with Crippen LogP contribution in [0.2, 0.25) is 0 Å². The topological polar surface area (TPSA) is 48.4 Å². The van der Waals surface area contributed by atoms with Gasteiger partial charge in [0, 0.05) is 16.7 Å². The molecule has 2 aromatic rings. The number of aryl methyl sites for hydroxylation is 1. The highest BCUT2D eigenvalue weighted by molar-refractivity contribution is 5.88. The van der Waals surface area contributed by atoms with E-state index in [1.165, 1.54) is 7.11 Å². The van der Waals surface area contributed by atoms with Crippen molar-refractivity contribution < 1.29 is 14.3 Å². The number of rotatable bonds is 5. The molecule has 0 aliphatic rings. The molecular formula is C17H19NO3. The van der Waals surface area contributed by atoms with Crippen LogP contribution in [0.15, 0.2) is 42.0 Å². The second-order valence-corrected chi connectivity index (χ2v) is 4.67. The van der Waals surface area contributed by atoms with Crippen molar-refractivity contribution in [2.24, 2.45) is 0 Å². The largest absolute Gasteiger partial charge is 0.487 e. The standard InChI is InChI=1S/C17H19NO3/c1-4-13(17(19)20-3)10-11-21-15-7-5-6-14-9-8-12(2)18-16(14)15/h5-10H,4,11H2,1-3H3. The van der Waals surface area contributed by atoms with Gasteiger partial charge in [-0.05, 0) is 31.6 Å². The van der Waals surface area contributed by atoms with Gasteiger partial charge in [-0.2, -0.15) is 0 Å². The van der Waals surface area contributed by atoms with Crippen LogP contribution in [0.4, 0.5) is 0 Å². The fourth-order valence-corrected chi connectivity index (χ4v) is 2.07. The highest BCUT2D eigenvalue weighted by atomic mass is 16.5. The van der Waals surface area contributed by atoms with Gasteiger partial charge in [-0.25, -0.2) is 9.78 Å². The Hall–Kier alpha value is -2.36. The average Bonchev–Trinajstić information content (AvgIpc) is 2.51. The summed E-state index contributed by atoms with van der Waals surface area (Å²) in [5.41, 5.74) is 2.39. The molecule has 0 saturated carbocycles. The van der Waals surface area contributed by atoms with Crippen LogP contribution < -0.4 is 4.74 Å². The van der Waals surface area contributed by atoms with Gasteiger partial charge >= 0.3 is 5.97 Å². The van der Waals surface area contributed by atoms with E-state index in [9.17, 15) is 4.79 Å². The zero-order chi connectivity index (χ0) is 15.2. The molecule has 4 heteroatoms. The van der Waals surface area contributed by atoms with Gasteiger partial charge in [0.2, 0.25) is 0 Å². The fourth-order valence-electron chi connectivity index (χ4n) is 2.07. The molecule has 110 valence electrons. The van der Waals surface area contributed by atoms with Crippen LogP contribution in [0.25, 0.3) is 10.9 Å². The maximum absolute atomic E-state index is 11.5. The first-order valence-electron chi connectivity index (χ1n) is 6.92. The third-order valence-corrected chi connectivity index (χ3v) is 3.22. The van der Waals surface area contributed by atoms with E-state index < -0.39 is 0 Å². The molecule has 0 radical (unpaired) electrons.